The lowest BCUT2D eigenvalue weighted by Crippen LogP contribution is -2.35. The summed E-state index contributed by atoms with van der Waals surface area (Å²) in [6.07, 6.45) is 7.09. The zero-order valence-corrected chi connectivity index (χ0v) is 23.6. The molecule has 1 fully saturated rings. The lowest BCUT2D eigenvalue weighted by atomic mass is 9.99. The third-order valence-electron chi connectivity index (χ3n) is 7.13. The number of rotatable bonds is 13. The molecule has 3 aromatic rings. The molecule has 0 N–H and O–H groups in total. The minimum Gasteiger partial charge on any atom is -0.490 e. The van der Waals surface area contributed by atoms with Gasteiger partial charge in [0, 0.05) is 11.5 Å². The Morgan fingerprint density at radius 3 is 2.15 bits per heavy atom. The van der Waals surface area contributed by atoms with E-state index in [2.05, 4.69) is 13.8 Å². The second-order valence-electron chi connectivity index (χ2n) is 10.3. The number of ether oxygens (including phenoxy) is 4. The highest BCUT2D eigenvalue weighted by molar-refractivity contribution is 5.90. The average molecular weight is 571 g/mol. The van der Waals surface area contributed by atoms with Crippen LogP contribution in [0, 0.1) is 23.4 Å². The Labute approximate surface area is 239 Å². The van der Waals surface area contributed by atoms with Gasteiger partial charge < -0.3 is 18.9 Å². The molecule has 1 aliphatic rings. The van der Waals surface area contributed by atoms with Crippen LogP contribution in [0.25, 0.3) is 22.3 Å². The normalized spacial score (nSPS) is 16.9. The molecule has 0 amide bonds. The van der Waals surface area contributed by atoms with Crippen LogP contribution in [0.4, 0.5) is 13.2 Å². The summed E-state index contributed by atoms with van der Waals surface area (Å²) in [6.45, 7) is 4.20. The Morgan fingerprint density at radius 2 is 1.46 bits per heavy atom. The van der Waals surface area contributed by atoms with Crippen LogP contribution in [0.1, 0.15) is 69.2 Å². The van der Waals surface area contributed by atoms with Crippen LogP contribution in [0.2, 0.25) is 0 Å². The van der Waals surface area contributed by atoms with Crippen molar-refractivity contribution in [2.75, 3.05) is 19.8 Å². The van der Waals surface area contributed by atoms with E-state index in [1.807, 2.05) is 0 Å². The molecule has 0 unspecified atom stereocenters. The van der Waals surface area contributed by atoms with E-state index in [9.17, 15) is 18.0 Å². The molecule has 0 spiro atoms. The molecule has 220 valence electrons. The molecule has 1 saturated heterocycles. The molecule has 0 bridgehead atoms. The molecular formula is C33H37F3O5. The molecule has 1 heterocycles. The fourth-order valence-corrected chi connectivity index (χ4v) is 4.70. The van der Waals surface area contributed by atoms with E-state index in [0.717, 1.165) is 44.9 Å². The van der Waals surface area contributed by atoms with E-state index in [1.165, 1.54) is 24.3 Å². The Morgan fingerprint density at radius 1 is 0.805 bits per heavy atom. The molecule has 1 aliphatic heterocycles. The predicted octanol–water partition coefficient (Wildman–Crippen LogP) is 8.69. The number of benzene rings is 3. The van der Waals surface area contributed by atoms with Gasteiger partial charge in [-0.3, -0.25) is 0 Å². The van der Waals surface area contributed by atoms with Crippen molar-refractivity contribution in [2.45, 2.75) is 65.3 Å². The Bertz CT molecular complexity index is 1290. The van der Waals surface area contributed by atoms with Crippen molar-refractivity contribution in [1.29, 1.82) is 0 Å². The van der Waals surface area contributed by atoms with Gasteiger partial charge in [0.2, 0.25) is 5.82 Å². The molecule has 3 aromatic carbocycles. The highest BCUT2D eigenvalue weighted by atomic mass is 19.2. The Balaban J connectivity index is 1.36. The first-order chi connectivity index (χ1) is 19.9. The maximum atomic E-state index is 14.9. The van der Waals surface area contributed by atoms with Crippen molar-refractivity contribution in [3.05, 3.63) is 77.6 Å². The van der Waals surface area contributed by atoms with Gasteiger partial charge in [-0.05, 0) is 53.8 Å². The minimum atomic E-state index is -1.16. The highest BCUT2D eigenvalue weighted by Gasteiger charge is 2.26. The van der Waals surface area contributed by atoms with E-state index in [1.54, 1.807) is 30.3 Å². The molecule has 0 aromatic heterocycles. The summed E-state index contributed by atoms with van der Waals surface area (Å²) in [4.78, 5) is 12.5. The lowest BCUT2D eigenvalue weighted by molar-refractivity contribution is -0.299. The molecule has 0 aliphatic carbocycles. The van der Waals surface area contributed by atoms with Gasteiger partial charge in [-0.2, -0.15) is 4.39 Å². The third-order valence-corrected chi connectivity index (χ3v) is 7.13. The zero-order valence-electron chi connectivity index (χ0n) is 23.6. The van der Waals surface area contributed by atoms with Gasteiger partial charge in [-0.15, -0.1) is 0 Å². The number of carbonyl (C=O) groups excluding carboxylic acids is 1. The van der Waals surface area contributed by atoms with Gasteiger partial charge in [0.05, 0.1) is 25.4 Å². The van der Waals surface area contributed by atoms with Crippen molar-refractivity contribution in [1.82, 2.24) is 0 Å². The number of halogens is 3. The first-order valence-electron chi connectivity index (χ1n) is 14.4. The van der Waals surface area contributed by atoms with Gasteiger partial charge in [0.25, 0.3) is 0 Å². The van der Waals surface area contributed by atoms with E-state index in [0.29, 0.717) is 36.5 Å². The Hall–Kier alpha value is -3.36. The van der Waals surface area contributed by atoms with Crippen LogP contribution in [-0.4, -0.2) is 32.3 Å². The number of carbonyl (C=O) groups is 1. The van der Waals surface area contributed by atoms with E-state index in [4.69, 9.17) is 18.9 Å². The van der Waals surface area contributed by atoms with E-state index in [-0.39, 0.29) is 22.8 Å². The summed E-state index contributed by atoms with van der Waals surface area (Å²) in [6, 6.07) is 13.7. The van der Waals surface area contributed by atoms with Crippen LogP contribution in [0.3, 0.4) is 0 Å². The maximum Gasteiger partial charge on any atom is 0.345 e. The zero-order chi connectivity index (χ0) is 29.2. The molecule has 0 saturated carbocycles. The monoisotopic (exact) mass is 570 g/mol. The van der Waals surface area contributed by atoms with Crippen LogP contribution >= 0.6 is 0 Å². The summed E-state index contributed by atoms with van der Waals surface area (Å²) >= 11 is 0. The van der Waals surface area contributed by atoms with Crippen LogP contribution in [-0.2, 0) is 14.2 Å². The second kappa shape index (κ2) is 15.0. The lowest BCUT2D eigenvalue weighted by Gasteiger charge is -2.28. The minimum absolute atomic E-state index is 0.0960. The quantitative estimate of drug-likeness (QED) is 0.152. The maximum absolute atomic E-state index is 14.9. The van der Waals surface area contributed by atoms with Crippen LogP contribution in [0.15, 0.2) is 54.6 Å². The Kier molecular flexibility index (Phi) is 11.2. The highest BCUT2D eigenvalue weighted by Crippen LogP contribution is 2.32. The summed E-state index contributed by atoms with van der Waals surface area (Å²) in [5, 5.41) is 0. The SMILES string of the molecule is CCCCCOc1ccc(-c2ccc(-c3ccc(C(=O)OC4OCC(CCCCC)CO4)c(F)c3)cc2)c(F)c1F. The fraction of sp³-hybridized carbons (Fsp3) is 0.424. The molecule has 8 heteroatoms. The standard InChI is InChI=1S/C33H37F3O5/c1-3-5-7-9-22-20-39-33(40-21-22)41-32(37)27-15-14-25(19-28(27)34)23-10-12-24(13-11-23)26-16-17-29(31(36)30(26)35)38-18-8-6-4-2/h10-17,19,22,33H,3-9,18,20-21H2,1-2H3. The van der Waals surface area contributed by atoms with Crippen molar-refractivity contribution in [3.63, 3.8) is 0 Å². The van der Waals surface area contributed by atoms with Gasteiger partial charge in [0.1, 0.15) is 5.82 Å². The van der Waals surface area contributed by atoms with Gasteiger partial charge in [0.15, 0.2) is 11.6 Å². The predicted molar refractivity (Wildman–Crippen MR) is 151 cm³/mol. The topological polar surface area (TPSA) is 54.0 Å². The van der Waals surface area contributed by atoms with Crippen LogP contribution < -0.4 is 4.74 Å². The van der Waals surface area contributed by atoms with Gasteiger partial charge in [-0.25, -0.2) is 13.6 Å². The molecule has 0 radical (unpaired) electrons. The average Bonchev–Trinajstić information content (AvgIpc) is 2.98. The van der Waals surface area contributed by atoms with Gasteiger partial charge in [-0.1, -0.05) is 76.3 Å². The van der Waals surface area contributed by atoms with Gasteiger partial charge >= 0.3 is 12.4 Å². The van der Waals surface area contributed by atoms with E-state index < -0.39 is 29.9 Å². The third kappa shape index (κ3) is 8.11. The molecular weight excluding hydrogens is 533 g/mol. The van der Waals surface area contributed by atoms with Crippen molar-refractivity contribution < 1.29 is 36.9 Å². The molecule has 5 nitrogen and oxygen atoms in total. The molecule has 41 heavy (non-hydrogen) atoms. The number of esters is 1. The summed E-state index contributed by atoms with van der Waals surface area (Å²) < 4.78 is 65.9. The second-order valence-corrected chi connectivity index (χ2v) is 10.3. The van der Waals surface area contributed by atoms with Crippen molar-refractivity contribution in [3.8, 4) is 28.0 Å². The van der Waals surface area contributed by atoms with E-state index >= 15 is 0 Å². The fourth-order valence-electron chi connectivity index (χ4n) is 4.70. The summed E-state index contributed by atoms with van der Waals surface area (Å²) in [7, 11) is 0. The smallest absolute Gasteiger partial charge is 0.345 e. The number of hydrogen-bond donors (Lipinski definition) is 0. The van der Waals surface area contributed by atoms with Crippen molar-refractivity contribution in [2.24, 2.45) is 5.92 Å². The summed E-state index contributed by atoms with van der Waals surface area (Å²) in [5.74, 6) is -3.51. The number of unbranched alkanes of at least 4 members (excludes halogenated alkanes) is 4. The molecule has 0 atom stereocenters. The summed E-state index contributed by atoms with van der Waals surface area (Å²) in [5.41, 5.74) is 1.46. The molecule has 4 rings (SSSR count). The van der Waals surface area contributed by atoms with Crippen LogP contribution in [0.5, 0.6) is 5.75 Å². The first-order valence-corrected chi connectivity index (χ1v) is 14.4. The number of hydrogen-bond acceptors (Lipinski definition) is 5. The first kappa shape index (κ1) is 30.6. The largest absolute Gasteiger partial charge is 0.490 e. The van der Waals surface area contributed by atoms with Crippen molar-refractivity contribution >= 4 is 5.97 Å².